The number of rotatable bonds is 10. The highest BCUT2D eigenvalue weighted by Crippen LogP contribution is 2.62. The van der Waals surface area contributed by atoms with E-state index in [0.717, 1.165) is 31.3 Å². The van der Waals surface area contributed by atoms with Gasteiger partial charge in [-0.2, -0.15) is 0 Å². The summed E-state index contributed by atoms with van der Waals surface area (Å²) >= 11 is 0. The van der Waals surface area contributed by atoms with E-state index in [-0.39, 0.29) is 38.9 Å². The summed E-state index contributed by atoms with van der Waals surface area (Å²) in [7, 11) is -0.707. The first-order valence-corrected chi connectivity index (χ1v) is 25.6. The molecule has 0 aromatic heterocycles. The number of allylic oxidation sites excluding steroid dienone is 4. The van der Waals surface area contributed by atoms with Crippen LogP contribution in [0.15, 0.2) is 47.6 Å². The Morgan fingerprint density at radius 2 is 1.47 bits per heavy atom. The maximum atomic E-state index is 13.3. The minimum Gasteiger partial charge on any atom is -0.434 e. The Balaban J connectivity index is 1.57. The predicted octanol–water partition coefficient (Wildman–Crippen LogP) is 11.6. The van der Waals surface area contributed by atoms with Gasteiger partial charge in [-0.05, 0) is 128 Å². The monoisotopic (exact) mass is 740 g/mol. The normalized spacial score (nSPS) is 30.5. The molecule has 0 saturated heterocycles. The van der Waals surface area contributed by atoms with Crippen LogP contribution < -0.4 is 0 Å². The number of hydrogen-bond donors (Lipinski definition) is 0. The number of ether oxygens (including phenoxy) is 1. The topological polar surface area (TPSA) is 65.1 Å². The van der Waals surface area contributed by atoms with E-state index in [0.29, 0.717) is 24.7 Å². The van der Waals surface area contributed by atoms with E-state index in [2.05, 4.69) is 113 Å². The second-order valence-corrected chi connectivity index (χ2v) is 30.1. The van der Waals surface area contributed by atoms with Crippen molar-refractivity contribution < 1.29 is 23.2 Å². The van der Waals surface area contributed by atoms with E-state index in [1.807, 2.05) is 0 Å². The average Bonchev–Trinajstić information content (AvgIpc) is 3.67. The van der Waals surface area contributed by atoms with Crippen LogP contribution >= 0.6 is 0 Å². The van der Waals surface area contributed by atoms with Gasteiger partial charge in [0.1, 0.15) is 0 Å². The Bertz CT molecular complexity index is 1430. The highest BCUT2D eigenvalue weighted by molar-refractivity contribution is 6.74. The first-order chi connectivity index (χ1) is 23.2. The van der Waals surface area contributed by atoms with Crippen molar-refractivity contribution in [3.63, 3.8) is 0 Å². The summed E-state index contributed by atoms with van der Waals surface area (Å²) in [5, 5.41) is 0.259. The van der Waals surface area contributed by atoms with Gasteiger partial charge >= 0.3 is 6.09 Å². The third-order valence-corrected chi connectivity index (χ3v) is 23.1. The number of carbonyl (C=O) groups is 2. The highest BCUT2D eigenvalue weighted by atomic mass is 28.4. The smallest absolute Gasteiger partial charge is 0.410 e. The fourth-order valence-corrected chi connectivity index (χ4v) is 11.2. The molecule has 0 aliphatic heterocycles. The molecule has 1 amide bonds. The molecule has 0 aromatic rings. The van der Waals surface area contributed by atoms with E-state index in [1.165, 1.54) is 29.7 Å². The summed E-state index contributed by atoms with van der Waals surface area (Å²) in [6.07, 6.45) is 17.1. The van der Waals surface area contributed by atoms with Crippen LogP contribution in [0, 0.1) is 22.7 Å². The molecular weight excluding hydrogens is 667 g/mol. The molecule has 0 N–H and O–H groups in total. The Hall–Kier alpha value is -1.75. The van der Waals surface area contributed by atoms with Crippen molar-refractivity contribution in [3.8, 4) is 0 Å². The molecule has 6 nitrogen and oxygen atoms in total. The van der Waals surface area contributed by atoms with Gasteiger partial charge in [-0.1, -0.05) is 92.7 Å². The van der Waals surface area contributed by atoms with E-state index in [9.17, 15) is 9.59 Å². The minimum absolute atomic E-state index is 0.0250. The lowest BCUT2D eigenvalue weighted by Gasteiger charge is -2.47. The van der Waals surface area contributed by atoms with Gasteiger partial charge in [-0.15, -0.1) is 0 Å². The van der Waals surface area contributed by atoms with Crippen molar-refractivity contribution in [2.45, 2.75) is 174 Å². The van der Waals surface area contributed by atoms with Crippen LogP contribution in [-0.4, -0.2) is 65.3 Å². The van der Waals surface area contributed by atoms with Crippen molar-refractivity contribution in [1.29, 1.82) is 0 Å². The zero-order valence-electron chi connectivity index (χ0n) is 35.2. The molecule has 0 radical (unpaired) electrons. The first kappa shape index (κ1) is 42.0. The standard InChI is InChI=1S/C43H73NO5Si2/c1-30-32(28-33(48-50(13,14)39(2,3)4)29-35(30)49-51(15,16)40(5,6)7)20-19-31-18-17-24-42(10)34(31)21-22-36(42)41(8,9)25-23-37(45)43(26-27-43)47-38(46)44(11)12/h19-20,23,25,33-36H,1,17-18,21-22,24,26-29H2,2-16H3/t33-,34+,35+,36-,42+/m1/s1. The lowest BCUT2D eigenvalue weighted by Crippen LogP contribution is -2.49. The van der Waals surface area contributed by atoms with Crippen molar-refractivity contribution in [2.75, 3.05) is 14.1 Å². The molecule has 0 unspecified atom stereocenters. The lowest BCUT2D eigenvalue weighted by atomic mass is 9.57. The van der Waals surface area contributed by atoms with Crippen LogP contribution in [-0.2, 0) is 18.4 Å². The van der Waals surface area contributed by atoms with Crippen LogP contribution in [0.3, 0.4) is 0 Å². The van der Waals surface area contributed by atoms with Gasteiger partial charge in [0.15, 0.2) is 28.0 Å². The average molecular weight is 740 g/mol. The first-order valence-electron chi connectivity index (χ1n) is 19.7. The van der Waals surface area contributed by atoms with Crippen LogP contribution in [0.25, 0.3) is 0 Å². The fraction of sp³-hybridized carbons (Fsp3) is 0.767. The van der Waals surface area contributed by atoms with E-state index in [4.69, 9.17) is 13.6 Å². The van der Waals surface area contributed by atoms with Gasteiger partial charge in [-0.3, -0.25) is 4.79 Å². The Kier molecular flexibility index (Phi) is 11.9. The van der Waals surface area contributed by atoms with Crippen LogP contribution in [0.5, 0.6) is 0 Å². The molecule has 4 aliphatic carbocycles. The zero-order chi connectivity index (χ0) is 38.6. The summed E-state index contributed by atoms with van der Waals surface area (Å²) in [4.78, 5) is 26.9. The highest BCUT2D eigenvalue weighted by Gasteiger charge is 2.55. The quantitative estimate of drug-likeness (QED) is 0.165. The van der Waals surface area contributed by atoms with Gasteiger partial charge in [0.05, 0.1) is 12.2 Å². The van der Waals surface area contributed by atoms with Crippen molar-refractivity contribution in [2.24, 2.45) is 22.7 Å². The SMILES string of the molecule is C=C1C(=CC=C2CCC[C@]3(C)[C@@H](C(C)(C)C=CC(=O)C4(OC(=O)N(C)C)CC4)CC[C@@H]23)C[C@@H](O[Si](C)(C)C(C)(C)C)C[C@@H]1O[Si](C)(C)C(C)(C)C. The molecular formula is C43H73NO5Si2. The second-order valence-electron chi connectivity index (χ2n) is 20.6. The molecule has 4 fully saturated rings. The molecule has 0 aromatic carbocycles. The van der Waals surface area contributed by atoms with Crippen molar-refractivity contribution in [3.05, 3.63) is 47.6 Å². The zero-order valence-corrected chi connectivity index (χ0v) is 37.2. The molecule has 0 spiro atoms. The predicted molar refractivity (Wildman–Crippen MR) is 217 cm³/mol. The summed E-state index contributed by atoms with van der Waals surface area (Å²) in [6, 6.07) is 0. The van der Waals surface area contributed by atoms with Crippen LogP contribution in [0.4, 0.5) is 4.79 Å². The molecule has 0 bridgehead atoms. The number of nitrogens with zero attached hydrogens (tertiary/aromatic N) is 1. The molecule has 288 valence electrons. The maximum absolute atomic E-state index is 13.3. The Morgan fingerprint density at radius 1 is 0.882 bits per heavy atom. The molecule has 5 atom stereocenters. The fourth-order valence-electron chi connectivity index (χ4n) is 8.56. The summed E-state index contributed by atoms with van der Waals surface area (Å²) < 4.78 is 19.8. The minimum atomic E-state index is -2.03. The van der Waals surface area contributed by atoms with Gasteiger partial charge in [0.2, 0.25) is 0 Å². The number of hydrogen-bond acceptors (Lipinski definition) is 5. The van der Waals surface area contributed by atoms with Crippen molar-refractivity contribution in [1.82, 2.24) is 4.90 Å². The van der Waals surface area contributed by atoms with Gasteiger partial charge in [-0.25, -0.2) is 4.79 Å². The number of amides is 1. The molecule has 51 heavy (non-hydrogen) atoms. The third kappa shape index (κ3) is 8.97. The number of carbonyl (C=O) groups excluding carboxylic acids is 2. The van der Waals surface area contributed by atoms with E-state index in [1.54, 1.807) is 25.7 Å². The Labute approximate surface area is 314 Å². The summed E-state index contributed by atoms with van der Waals surface area (Å²) in [5.41, 5.74) is 2.99. The van der Waals surface area contributed by atoms with Gasteiger partial charge in [0.25, 0.3) is 0 Å². The van der Waals surface area contributed by atoms with Crippen LogP contribution in [0.1, 0.15) is 120 Å². The van der Waals surface area contributed by atoms with Crippen molar-refractivity contribution >= 4 is 28.5 Å². The molecule has 4 saturated carbocycles. The summed E-state index contributed by atoms with van der Waals surface area (Å²) in [5.74, 6) is 0.882. The Morgan fingerprint density at radius 3 is 2.02 bits per heavy atom. The number of ketones is 1. The third-order valence-electron chi connectivity index (χ3n) is 14.1. The maximum Gasteiger partial charge on any atom is 0.410 e. The van der Waals surface area contributed by atoms with Gasteiger partial charge in [0, 0.05) is 20.5 Å². The number of fused-ring (bicyclic) bond motifs is 1. The van der Waals surface area contributed by atoms with E-state index >= 15 is 0 Å². The van der Waals surface area contributed by atoms with Gasteiger partial charge < -0.3 is 18.5 Å². The molecule has 4 aliphatic rings. The summed E-state index contributed by atoms with van der Waals surface area (Å²) in [6.45, 7) is 35.1. The largest absolute Gasteiger partial charge is 0.434 e. The van der Waals surface area contributed by atoms with E-state index < -0.39 is 28.3 Å². The lowest BCUT2D eigenvalue weighted by molar-refractivity contribution is -0.125. The van der Waals surface area contributed by atoms with Crippen LogP contribution in [0.2, 0.25) is 36.3 Å². The molecule has 8 heteroatoms. The second kappa shape index (κ2) is 14.5. The molecule has 0 heterocycles. The molecule has 4 rings (SSSR count).